The van der Waals surface area contributed by atoms with E-state index >= 15 is 0 Å². The topological polar surface area (TPSA) is 86.1 Å². The predicted molar refractivity (Wildman–Crippen MR) is 60.9 cm³/mol. The maximum atomic E-state index is 10.6. The Kier molecular flexibility index (Phi) is 4.86. The van der Waals surface area contributed by atoms with Crippen LogP contribution < -0.4 is 0 Å². The summed E-state index contributed by atoms with van der Waals surface area (Å²) in [4.78, 5) is 13.4. The molecule has 0 radical (unpaired) electrons. The summed E-state index contributed by atoms with van der Waals surface area (Å²) in [5, 5.41) is 12.4. The van der Waals surface area contributed by atoms with Crippen LogP contribution in [0, 0.1) is 5.92 Å². The molecule has 5 nitrogen and oxygen atoms in total. The highest BCUT2D eigenvalue weighted by atomic mass is 16.4. The quantitative estimate of drug-likeness (QED) is 0.343. The molecule has 88 valence electrons. The van der Waals surface area contributed by atoms with Crippen molar-refractivity contribution in [3.8, 4) is 0 Å². The van der Waals surface area contributed by atoms with Gasteiger partial charge in [-0.2, -0.15) is 0 Å². The second kappa shape index (κ2) is 6.18. The molecule has 1 fully saturated rings. The van der Waals surface area contributed by atoms with Gasteiger partial charge < -0.3 is 5.11 Å². The van der Waals surface area contributed by atoms with Gasteiger partial charge in [0, 0.05) is 16.5 Å². The van der Waals surface area contributed by atoms with Crippen molar-refractivity contribution in [2.24, 2.45) is 11.0 Å². The van der Waals surface area contributed by atoms with Crippen molar-refractivity contribution in [1.82, 2.24) is 0 Å². The van der Waals surface area contributed by atoms with Crippen molar-refractivity contribution in [2.75, 3.05) is 0 Å². The third-order valence-electron chi connectivity index (χ3n) is 3.13. The fourth-order valence-electron chi connectivity index (χ4n) is 2.00. The van der Waals surface area contributed by atoms with E-state index in [4.69, 9.17) is 10.6 Å². The third kappa shape index (κ3) is 3.95. The minimum atomic E-state index is -0.845. The van der Waals surface area contributed by atoms with E-state index in [0.717, 1.165) is 32.1 Å². The van der Waals surface area contributed by atoms with Gasteiger partial charge in [0.05, 0.1) is 0 Å². The minimum Gasteiger partial charge on any atom is -0.478 e. The van der Waals surface area contributed by atoms with Crippen LogP contribution in [0.15, 0.2) is 16.8 Å². The van der Waals surface area contributed by atoms with Crippen LogP contribution in [0.3, 0.4) is 0 Å². The van der Waals surface area contributed by atoms with Crippen molar-refractivity contribution in [2.45, 2.75) is 45.1 Å². The van der Waals surface area contributed by atoms with Crippen LogP contribution in [0.5, 0.6) is 0 Å². The van der Waals surface area contributed by atoms with E-state index in [1.807, 2.05) is 0 Å². The van der Waals surface area contributed by atoms with Crippen LogP contribution in [-0.4, -0.2) is 17.1 Å². The number of allylic oxidation sites excluding steroid dienone is 1. The lowest BCUT2D eigenvalue weighted by Gasteiger charge is -2.24. The Morgan fingerprint density at radius 1 is 1.50 bits per heavy atom. The zero-order valence-corrected chi connectivity index (χ0v) is 9.46. The lowest BCUT2D eigenvalue weighted by atomic mass is 9.84. The molecule has 16 heavy (non-hydrogen) atoms. The standard InChI is InChI=1S/C11H17N3O2/c1-8(11(15)16)2-3-9-4-6-10(7-5-9)13-14-12/h2,9-10H,3-7H2,1H3,(H,15,16)/b8-2+. The van der Waals surface area contributed by atoms with Gasteiger partial charge in [0.1, 0.15) is 0 Å². The fraction of sp³-hybridized carbons (Fsp3) is 0.727. The molecular weight excluding hydrogens is 206 g/mol. The first kappa shape index (κ1) is 12.6. The summed E-state index contributed by atoms with van der Waals surface area (Å²) in [7, 11) is 0. The van der Waals surface area contributed by atoms with Crippen molar-refractivity contribution >= 4 is 5.97 Å². The maximum absolute atomic E-state index is 10.6. The van der Waals surface area contributed by atoms with Crippen LogP contribution >= 0.6 is 0 Å². The number of nitrogens with zero attached hydrogens (tertiary/aromatic N) is 3. The summed E-state index contributed by atoms with van der Waals surface area (Å²) < 4.78 is 0. The molecule has 0 unspecified atom stereocenters. The predicted octanol–water partition coefficient (Wildman–Crippen LogP) is 3.28. The summed E-state index contributed by atoms with van der Waals surface area (Å²) in [5.74, 6) is -0.304. The highest BCUT2D eigenvalue weighted by Crippen LogP contribution is 2.29. The van der Waals surface area contributed by atoms with Crippen LogP contribution in [0.2, 0.25) is 0 Å². The Bertz CT molecular complexity index is 324. The minimum absolute atomic E-state index is 0.144. The van der Waals surface area contributed by atoms with Crippen molar-refractivity contribution in [3.05, 3.63) is 22.1 Å². The molecule has 0 bridgehead atoms. The molecule has 0 amide bonds. The molecule has 0 spiro atoms. The summed E-state index contributed by atoms with van der Waals surface area (Å²) in [6, 6.07) is 0.144. The Hall–Kier alpha value is -1.48. The highest BCUT2D eigenvalue weighted by Gasteiger charge is 2.19. The van der Waals surface area contributed by atoms with E-state index in [1.165, 1.54) is 0 Å². The van der Waals surface area contributed by atoms with E-state index in [9.17, 15) is 4.79 Å². The number of hydrogen-bond acceptors (Lipinski definition) is 2. The number of hydrogen-bond donors (Lipinski definition) is 1. The molecule has 0 atom stereocenters. The first-order valence-electron chi connectivity index (χ1n) is 5.57. The molecule has 5 heteroatoms. The van der Waals surface area contributed by atoms with Gasteiger partial charge in [0.2, 0.25) is 0 Å². The SMILES string of the molecule is C/C(=C\CC1CCC(N=[N+]=[N-])CC1)C(=O)O. The van der Waals surface area contributed by atoms with Gasteiger partial charge in [0.15, 0.2) is 0 Å². The first-order valence-corrected chi connectivity index (χ1v) is 5.57. The molecule has 0 heterocycles. The fourth-order valence-corrected chi connectivity index (χ4v) is 2.00. The normalized spacial score (nSPS) is 25.9. The number of rotatable bonds is 4. The lowest BCUT2D eigenvalue weighted by molar-refractivity contribution is -0.132. The van der Waals surface area contributed by atoms with Crippen molar-refractivity contribution in [3.63, 3.8) is 0 Å². The molecule has 0 saturated heterocycles. The molecule has 1 aliphatic carbocycles. The van der Waals surface area contributed by atoms with Gasteiger partial charge in [-0.15, -0.1) is 0 Å². The van der Waals surface area contributed by atoms with Crippen molar-refractivity contribution < 1.29 is 9.90 Å². The van der Waals surface area contributed by atoms with Crippen LogP contribution in [-0.2, 0) is 4.79 Å². The average molecular weight is 223 g/mol. The van der Waals surface area contributed by atoms with E-state index in [0.29, 0.717) is 11.5 Å². The van der Waals surface area contributed by atoms with Gasteiger partial charge in [-0.05, 0) is 50.5 Å². The second-order valence-electron chi connectivity index (χ2n) is 4.31. The smallest absolute Gasteiger partial charge is 0.330 e. The Labute approximate surface area is 94.8 Å². The Morgan fingerprint density at radius 3 is 2.62 bits per heavy atom. The van der Waals surface area contributed by atoms with Gasteiger partial charge in [-0.1, -0.05) is 11.2 Å². The molecule has 0 aliphatic heterocycles. The summed E-state index contributed by atoms with van der Waals surface area (Å²) >= 11 is 0. The summed E-state index contributed by atoms with van der Waals surface area (Å²) in [6.07, 6.45) is 6.51. The Morgan fingerprint density at radius 2 is 2.12 bits per heavy atom. The number of azide groups is 1. The summed E-state index contributed by atoms with van der Waals surface area (Å²) in [5.41, 5.74) is 8.72. The summed E-state index contributed by atoms with van der Waals surface area (Å²) in [6.45, 7) is 1.62. The molecule has 1 N–H and O–H groups in total. The maximum Gasteiger partial charge on any atom is 0.330 e. The zero-order valence-electron chi connectivity index (χ0n) is 9.46. The van der Waals surface area contributed by atoms with Gasteiger partial charge >= 0.3 is 5.97 Å². The molecule has 0 aromatic rings. The number of aliphatic carboxylic acids is 1. The highest BCUT2D eigenvalue weighted by molar-refractivity contribution is 5.85. The molecule has 0 aromatic carbocycles. The second-order valence-corrected chi connectivity index (χ2v) is 4.31. The van der Waals surface area contributed by atoms with Gasteiger partial charge in [-0.3, -0.25) is 0 Å². The lowest BCUT2D eigenvalue weighted by Crippen LogP contribution is -2.16. The average Bonchev–Trinajstić information content (AvgIpc) is 2.28. The van der Waals surface area contributed by atoms with Crippen molar-refractivity contribution in [1.29, 1.82) is 0 Å². The number of carboxylic acid groups (broad SMARTS) is 1. The van der Waals surface area contributed by atoms with Gasteiger partial charge in [0.25, 0.3) is 0 Å². The van der Waals surface area contributed by atoms with Crippen LogP contribution in [0.25, 0.3) is 10.4 Å². The molecule has 1 rings (SSSR count). The largest absolute Gasteiger partial charge is 0.478 e. The molecular formula is C11H17N3O2. The number of carbonyl (C=O) groups is 1. The molecule has 1 saturated carbocycles. The zero-order chi connectivity index (χ0) is 12.0. The van der Waals surface area contributed by atoms with E-state index < -0.39 is 5.97 Å². The molecule has 1 aliphatic rings. The van der Waals surface area contributed by atoms with E-state index in [2.05, 4.69) is 10.0 Å². The Balaban J connectivity index is 2.35. The monoisotopic (exact) mass is 223 g/mol. The van der Waals surface area contributed by atoms with Crippen LogP contribution in [0.1, 0.15) is 39.0 Å². The van der Waals surface area contributed by atoms with Crippen LogP contribution in [0.4, 0.5) is 0 Å². The number of carboxylic acids is 1. The third-order valence-corrected chi connectivity index (χ3v) is 3.13. The van der Waals surface area contributed by atoms with Gasteiger partial charge in [-0.25, -0.2) is 4.79 Å². The molecule has 0 aromatic heterocycles. The van der Waals surface area contributed by atoms with E-state index in [1.54, 1.807) is 13.0 Å². The first-order chi connectivity index (χ1) is 7.63. The van der Waals surface area contributed by atoms with E-state index in [-0.39, 0.29) is 6.04 Å².